The molecule has 2 aliphatic carbocycles. The second-order valence-corrected chi connectivity index (χ2v) is 5.42. The van der Waals surface area contributed by atoms with E-state index in [4.69, 9.17) is 5.73 Å². The van der Waals surface area contributed by atoms with Crippen LogP contribution < -0.4 is 11.5 Å². The van der Waals surface area contributed by atoms with E-state index in [0.29, 0.717) is 25.1 Å². The molecule has 0 aromatic carbocycles. The first kappa shape index (κ1) is 13.4. The maximum Gasteiger partial charge on any atom is 0.413 e. The summed E-state index contributed by atoms with van der Waals surface area (Å²) in [5.74, 6) is 0.397. The molecular weight excluding hydrogens is 269 g/mol. The number of allylic oxidation sites excluding steroid dienone is 2. The number of alkyl halides is 3. The zero-order valence-corrected chi connectivity index (χ0v) is 10.9. The molecule has 1 saturated carbocycles. The van der Waals surface area contributed by atoms with Crippen LogP contribution in [0, 0.1) is 5.92 Å². The lowest BCUT2D eigenvalue weighted by molar-refractivity contribution is -0.387. The van der Waals surface area contributed by atoms with Crippen molar-refractivity contribution in [2.75, 3.05) is 5.73 Å². The van der Waals surface area contributed by atoms with Crippen LogP contribution >= 0.6 is 0 Å². The van der Waals surface area contributed by atoms with Gasteiger partial charge < -0.3 is 11.5 Å². The fraction of sp³-hybridized carbons (Fsp3) is 0.538. The lowest BCUT2D eigenvalue weighted by Crippen LogP contribution is -2.48. The van der Waals surface area contributed by atoms with Crippen LogP contribution in [0.2, 0.25) is 0 Å². The highest BCUT2D eigenvalue weighted by molar-refractivity contribution is 5.45. The second kappa shape index (κ2) is 4.18. The summed E-state index contributed by atoms with van der Waals surface area (Å²) in [7, 11) is 0. The number of nitrogen functional groups attached to an aromatic ring is 1. The maximum absolute atomic E-state index is 13.3. The van der Waals surface area contributed by atoms with Gasteiger partial charge in [-0.2, -0.15) is 13.2 Å². The average Bonchev–Trinajstić information content (AvgIpc) is 3.12. The van der Waals surface area contributed by atoms with Crippen LogP contribution in [-0.2, 0) is 12.0 Å². The summed E-state index contributed by atoms with van der Waals surface area (Å²) in [6.07, 6.45) is -1.38. The van der Waals surface area contributed by atoms with E-state index in [1.807, 2.05) is 0 Å². The molecule has 0 radical (unpaired) electrons. The van der Waals surface area contributed by atoms with Crippen LogP contribution in [0.3, 0.4) is 0 Å². The highest BCUT2D eigenvalue weighted by atomic mass is 19.4. The Labute approximate surface area is 114 Å². The number of anilines is 1. The normalized spacial score (nSPS) is 28.8. The molecule has 1 heterocycles. The van der Waals surface area contributed by atoms with Gasteiger partial charge in [-0.1, -0.05) is 6.08 Å². The zero-order chi connectivity index (χ0) is 14.5. The molecule has 5 N–H and O–H groups in total. The summed E-state index contributed by atoms with van der Waals surface area (Å²) in [4.78, 5) is 8.34. The number of hydrogen-bond acceptors (Lipinski definition) is 3. The Morgan fingerprint density at radius 1 is 1.40 bits per heavy atom. The van der Waals surface area contributed by atoms with Gasteiger partial charge in [0.05, 0.1) is 5.41 Å². The van der Waals surface area contributed by atoms with Gasteiger partial charge in [-0.25, -0.2) is 9.97 Å². The average molecular weight is 285 g/mol. The summed E-state index contributed by atoms with van der Waals surface area (Å²) in [6, 6.07) is 1.56. The third-order valence-corrected chi connectivity index (χ3v) is 4.21. The minimum absolute atomic E-state index is 0.0245. The summed E-state index contributed by atoms with van der Waals surface area (Å²) in [5, 5.41) is 0. The largest absolute Gasteiger partial charge is 0.413 e. The van der Waals surface area contributed by atoms with Crippen LogP contribution in [0.5, 0.6) is 0 Å². The first-order valence-corrected chi connectivity index (χ1v) is 6.59. The summed E-state index contributed by atoms with van der Waals surface area (Å²) in [5.41, 5.74) is 8.41. The van der Waals surface area contributed by atoms with Gasteiger partial charge in [0.1, 0.15) is 23.9 Å². The van der Waals surface area contributed by atoms with Gasteiger partial charge in [-0.3, -0.25) is 0 Å². The quantitative estimate of drug-likeness (QED) is 0.805. The van der Waals surface area contributed by atoms with Crippen molar-refractivity contribution in [1.82, 2.24) is 9.97 Å². The third-order valence-electron chi connectivity index (χ3n) is 4.21. The number of rotatable bonds is 2. The number of fused-ring (bicyclic) bond motifs is 1. The van der Waals surface area contributed by atoms with Gasteiger partial charge >= 0.3 is 6.18 Å². The van der Waals surface area contributed by atoms with Crippen molar-refractivity contribution in [3.63, 3.8) is 0 Å². The molecule has 0 saturated heterocycles. The van der Waals surface area contributed by atoms with Gasteiger partial charge in [0, 0.05) is 11.6 Å². The Bertz CT molecular complexity index is 581. The molecule has 2 aliphatic rings. The van der Waals surface area contributed by atoms with Crippen molar-refractivity contribution in [2.24, 2.45) is 5.92 Å². The predicted molar refractivity (Wildman–Crippen MR) is 66.2 cm³/mol. The Morgan fingerprint density at radius 2 is 2.15 bits per heavy atom. The van der Waals surface area contributed by atoms with E-state index < -0.39 is 17.2 Å². The zero-order valence-electron chi connectivity index (χ0n) is 10.9. The fourth-order valence-electron chi connectivity index (χ4n) is 3.23. The van der Waals surface area contributed by atoms with Gasteiger partial charge in [0.2, 0.25) is 0 Å². The van der Waals surface area contributed by atoms with Crippen molar-refractivity contribution < 1.29 is 18.9 Å². The van der Waals surface area contributed by atoms with Gasteiger partial charge in [0.25, 0.3) is 0 Å². The molecule has 1 aromatic rings. The van der Waals surface area contributed by atoms with E-state index in [9.17, 15) is 13.2 Å². The molecule has 1 fully saturated rings. The third kappa shape index (κ3) is 1.88. The van der Waals surface area contributed by atoms with Gasteiger partial charge in [-0.05, 0) is 25.2 Å². The van der Waals surface area contributed by atoms with Crippen LogP contribution in [-0.4, -0.2) is 16.1 Å². The van der Waals surface area contributed by atoms with Crippen molar-refractivity contribution >= 4 is 5.82 Å². The first-order chi connectivity index (χ1) is 9.38. The second-order valence-electron chi connectivity index (χ2n) is 5.42. The lowest BCUT2D eigenvalue weighted by atomic mass is 9.85. The molecule has 7 heteroatoms. The smallest absolute Gasteiger partial charge is 0.384 e. The molecule has 0 spiro atoms. The predicted octanol–water partition coefficient (Wildman–Crippen LogP) is 1.34. The molecule has 3 rings (SSSR count). The van der Waals surface area contributed by atoms with Crippen LogP contribution in [0.15, 0.2) is 17.7 Å². The van der Waals surface area contributed by atoms with E-state index in [0.717, 1.165) is 6.42 Å². The van der Waals surface area contributed by atoms with Crippen molar-refractivity contribution in [2.45, 2.75) is 37.4 Å². The van der Waals surface area contributed by atoms with Crippen molar-refractivity contribution in [3.05, 3.63) is 29.2 Å². The fourth-order valence-corrected chi connectivity index (χ4v) is 3.23. The Kier molecular flexibility index (Phi) is 2.79. The Hall–Kier alpha value is -1.63. The minimum Gasteiger partial charge on any atom is -0.384 e. The molecule has 0 bridgehead atoms. The van der Waals surface area contributed by atoms with Crippen molar-refractivity contribution in [1.29, 1.82) is 0 Å². The van der Waals surface area contributed by atoms with E-state index in [-0.39, 0.29) is 17.6 Å². The van der Waals surface area contributed by atoms with E-state index in [2.05, 4.69) is 15.7 Å². The molecule has 2 unspecified atom stereocenters. The molecular formula is C13H16F3N4+. The van der Waals surface area contributed by atoms with E-state index in [1.54, 1.807) is 6.07 Å². The number of halogens is 3. The lowest BCUT2D eigenvalue weighted by Gasteiger charge is -2.25. The van der Waals surface area contributed by atoms with E-state index >= 15 is 0 Å². The molecule has 108 valence electrons. The highest BCUT2D eigenvalue weighted by Crippen LogP contribution is 2.65. The molecule has 0 amide bonds. The minimum atomic E-state index is -4.34. The number of nitrogens with zero attached hydrogens (tertiary/aromatic N) is 2. The van der Waals surface area contributed by atoms with Gasteiger partial charge in [-0.15, -0.1) is 0 Å². The summed E-state index contributed by atoms with van der Waals surface area (Å²) >= 11 is 0. The molecule has 4 nitrogen and oxygen atoms in total. The standard InChI is InChI=1S/C13H15F3N4/c14-13(15,16)9-3-1-2-7-5-12(7,9)11-19-8(6-17)4-10(18)20-11/h3-4,7H,1-2,5-6,17H2,(H2,18,19,20)/p+1. The van der Waals surface area contributed by atoms with Crippen molar-refractivity contribution in [3.8, 4) is 0 Å². The topological polar surface area (TPSA) is 79.4 Å². The molecule has 0 aliphatic heterocycles. The molecule has 2 atom stereocenters. The highest BCUT2D eigenvalue weighted by Gasteiger charge is 2.66. The number of quaternary nitrogens is 1. The van der Waals surface area contributed by atoms with Crippen LogP contribution in [0.1, 0.15) is 30.8 Å². The Morgan fingerprint density at radius 3 is 2.80 bits per heavy atom. The van der Waals surface area contributed by atoms with E-state index in [1.165, 1.54) is 6.08 Å². The Balaban J connectivity index is 2.11. The van der Waals surface area contributed by atoms with Crippen LogP contribution in [0.4, 0.5) is 19.0 Å². The first-order valence-electron chi connectivity index (χ1n) is 6.59. The maximum atomic E-state index is 13.3. The summed E-state index contributed by atoms with van der Waals surface area (Å²) < 4.78 is 39.8. The molecule has 1 aromatic heterocycles. The SMILES string of the molecule is Nc1cc(C[NH3+])nc(C23CC2CCC=C3C(F)(F)F)n1. The number of hydrogen-bond donors (Lipinski definition) is 2. The van der Waals surface area contributed by atoms with Crippen LogP contribution in [0.25, 0.3) is 0 Å². The monoisotopic (exact) mass is 285 g/mol. The number of aromatic nitrogens is 2. The van der Waals surface area contributed by atoms with Gasteiger partial charge in [0.15, 0.2) is 0 Å². The number of nitrogens with two attached hydrogens (primary N) is 1. The molecule has 20 heavy (non-hydrogen) atoms. The summed E-state index contributed by atoms with van der Waals surface area (Å²) in [6.45, 7) is 0.380.